The monoisotopic (exact) mass is 356 g/mol. The van der Waals surface area contributed by atoms with Gasteiger partial charge in [0.05, 0.1) is 14.2 Å². The summed E-state index contributed by atoms with van der Waals surface area (Å²) in [6, 6.07) is 6.09. The summed E-state index contributed by atoms with van der Waals surface area (Å²) in [4.78, 5) is 12.2. The van der Waals surface area contributed by atoms with Gasteiger partial charge < -0.3 is 20.5 Å². The fourth-order valence-electron chi connectivity index (χ4n) is 3.30. The third-order valence-corrected chi connectivity index (χ3v) is 4.56. The van der Waals surface area contributed by atoms with E-state index in [2.05, 4.69) is 5.32 Å². The standard InChI is InChI=1S/C18H28N2O3.ClH/c1-12(20-18(21)11-14-5-4-6-15(14)19)9-13-7-8-16(22-2)17(10-13)23-3;/h7-8,10,12,14-15H,4-6,9,11,19H2,1-3H3,(H,20,21);1H/t12?,14-,15+;/m0./s1. The average Bonchev–Trinajstić information content (AvgIpc) is 2.91. The van der Waals surface area contributed by atoms with E-state index in [0.717, 1.165) is 31.2 Å². The summed E-state index contributed by atoms with van der Waals surface area (Å²) in [7, 11) is 3.24. The Balaban J connectivity index is 0.00000288. The van der Waals surface area contributed by atoms with E-state index in [-0.39, 0.29) is 30.4 Å². The number of carbonyl (C=O) groups is 1. The number of carbonyl (C=O) groups excluding carboxylic acids is 1. The lowest BCUT2D eigenvalue weighted by Gasteiger charge is -2.18. The Labute approximate surface area is 150 Å². The van der Waals surface area contributed by atoms with E-state index in [1.807, 2.05) is 25.1 Å². The smallest absolute Gasteiger partial charge is 0.220 e. The van der Waals surface area contributed by atoms with E-state index in [1.165, 1.54) is 0 Å². The molecule has 24 heavy (non-hydrogen) atoms. The number of rotatable bonds is 7. The molecular weight excluding hydrogens is 328 g/mol. The van der Waals surface area contributed by atoms with Gasteiger partial charge in [-0.1, -0.05) is 12.5 Å². The van der Waals surface area contributed by atoms with Crippen molar-refractivity contribution in [3.8, 4) is 11.5 Å². The van der Waals surface area contributed by atoms with Gasteiger partial charge in [-0.3, -0.25) is 4.79 Å². The maximum absolute atomic E-state index is 12.2. The van der Waals surface area contributed by atoms with Crippen molar-refractivity contribution < 1.29 is 14.3 Å². The molecule has 0 radical (unpaired) electrons. The molecule has 2 rings (SSSR count). The Kier molecular flexibility index (Phi) is 8.36. The van der Waals surface area contributed by atoms with Gasteiger partial charge in [-0.25, -0.2) is 0 Å². The minimum atomic E-state index is 0. The van der Waals surface area contributed by atoms with Gasteiger partial charge in [0.25, 0.3) is 0 Å². The highest BCUT2D eigenvalue weighted by molar-refractivity contribution is 5.85. The molecule has 0 heterocycles. The van der Waals surface area contributed by atoms with Gasteiger partial charge in [0.15, 0.2) is 11.5 Å². The van der Waals surface area contributed by atoms with Gasteiger partial charge in [-0.05, 0) is 49.8 Å². The number of ether oxygens (including phenoxy) is 2. The van der Waals surface area contributed by atoms with Crippen LogP contribution >= 0.6 is 12.4 Å². The van der Waals surface area contributed by atoms with E-state index in [4.69, 9.17) is 15.2 Å². The first-order valence-electron chi connectivity index (χ1n) is 8.29. The van der Waals surface area contributed by atoms with E-state index in [0.29, 0.717) is 23.8 Å². The molecule has 0 spiro atoms. The summed E-state index contributed by atoms with van der Waals surface area (Å²) in [5.74, 6) is 1.85. The number of benzene rings is 1. The number of methoxy groups -OCH3 is 2. The van der Waals surface area contributed by atoms with Crippen LogP contribution < -0.4 is 20.5 Å². The topological polar surface area (TPSA) is 73.6 Å². The lowest BCUT2D eigenvalue weighted by molar-refractivity contribution is -0.122. The van der Waals surface area contributed by atoms with Gasteiger partial charge in [-0.2, -0.15) is 0 Å². The summed E-state index contributed by atoms with van der Waals surface area (Å²) < 4.78 is 10.6. The van der Waals surface area contributed by atoms with Crippen LogP contribution in [-0.2, 0) is 11.2 Å². The first-order chi connectivity index (χ1) is 11.0. The van der Waals surface area contributed by atoms with E-state index in [9.17, 15) is 4.79 Å². The number of nitrogens with one attached hydrogen (secondary N) is 1. The second kappa shape index (κ2) is 9.74. The Morgan fingerprint density at radius 2 is 2.00 bits per heavy atom. The molecule has 1 aliphatic rings. The van der Waals surface area contributed by atoms with E-state index < -0.39 is 0 Å². The van der Waals surface area contributed by atoms with Crippen LogP contribution in [0.2, 0.25) is 0 Å². The number of amides is 1. The zero-order valence-corrected chi connectivity index (χ0v) is 15.5. The Bertz CT molecular complexity index is 539. The van der Waals surface area contributed by atoms with Gasteiger partial charge in [0, 0.05) is 18.5 Å². The van der Waals surface area contributed by atoms with E-state index in [1.54, 1.807) is 14.2 Å². The largest absolute Gasteiger partial charge is 0.493 e. The first kappa shape index (κ1) is 20.6. The fraction of sp³-hybridized carbons (Fsp3) is 0.611. The number of halogens is 1. The summed E-state index contributed by atoms with van der Waals surface area (Å²) >= 11 is 0. The van der Waals surface area contributed by atoms with Crippen LogP contribution in [0.15, 0.2) is 18.2 Å². The number of nitrogens with two attached hydrogens (primary N) is 1. The van der Waals surface area contributed by atoms with Gasteiger partial charge in [0.2, 0.25) is 5.91 Å². The van der Waals surface area contributed by atoms with Crippen LogP contribution in [0.3, 0.4) is 0 Å². The van der Waals surface area contributed by atoms with Crippen molar-refractivity contribution in [2.45, 2.75) is 51.1 Å². The summed E-state index contributed by atoms with van der Waals surface area (Å²) in [5, 5.41) is 3.08. The first-order valence-corrected chi connectivity index (χ1v) is 8.29. The van der Waals surface area contributed by atoms with Crippen LogP contribution in [0.4, 0.5) is 0 Å². The minimum absolute atomic E-state index is 0. The molecule has 1 aromatic carbocycles. The van der Waals surface area contributed by atoms with Crippen molar-refractivity contribution in [3.63, 3.8) is 0 Å². The Hall–Kier alpha value is -1.46. The average molecular weight is 357 g/mol. The van der Waals surface area contributed by atoms with Crippen molar-refractivity contribution in [1.82, 2.24) is 5.32 Å². The third-order valence-electron chi connectivity index (χ3n) is 4.56. The molecule has 1 aliphatic carbocycles. The molecule has 5 nitrogen and oxygen atoms in total. The van der Waals surface area contributed by atoms with Crippen molar-refractivity contribution in [3.05, 3.63) is 23.8 Å². The molecule has 6 heteroatoms. The molecule has 1 fully saturated rings. The van der Waals surface area contributed by atoms with Gasteiger partial charge >= 0.3 is 0 Å². The molecule has 136 valence electrons. The molecule has 0 aromatic heterocycles. The quantitative estimate of drug-likeness (QED) is 0.787. The molecule has 3 atom stereocenters. The third kappa shape index (κ3) is 5.56. The molecule has 3 N–H and O–H groups in total. The maximum atomic E-state index is 12.2. The predicted molar refractivity (Wildman–Crippen MR) is 98.0 cm³/mol. The summed E-state index contributed by atoms with van der Waals surface area (Å²) in [5.41, 5.74) is 7.14. The zero-order valence-electron chi connectivity index (χ0n) is 14.7. The van der Waals surface area contributed by atoms with Crippen LogP contribution in [0, 0.1) is 5.92 Å². The second-order valence-corrected chi connectivity index (χ2v) is 6.42. The second-order valence-electron chi connectivity index (χ2n) is 6.42. The molecule has 1 aromatic rings. The van der Waals surface area contributed by atoms with Gasteiger partial charge in [0.1, 0.15) is 0 Å². The molecule has 0 bridgehead atoms. The van der Waals surface area contributed by atoms with Crippen molar-refractivity contribution >= 4 is 18.3 Å². The van der Waals surface area contributed by atoms with E-state index >= 15 is 0 Å². The minimum Gasteiger partial charge on any atom is -0.493 e. The van der Waals surface area contributed by atoms with Crippen LogP contribution in [-0.4, -0.2) is 32.2 Å². The summed E-state index contributed by atoms with van der Waals surface area (Å²) in [6.07, 6.45) is 4.54. The van der Waals surface area contributed by atoms with Crippen LogP contribution in [0.5, 0.6) is 11.5 Å². The highest BCUT2D eigenvalue weighted by Crippen LogP contribution is 2.28. The lowest BCUT2D eigenvalue weighted by Crippen LogP contribution is -2.37. The van der Waals surface area contributed by atoms with Crippen LogP contribution in [0.1, 0.15) is 38.2 Å². The van der Waals surface area contributed by atoms with Crippen LogP contribution in [0.25, 0.3) is 0 Å². The molecule has 1 unspecified atom stereocenters. The molecule has 1 saturated carbocycles. The Morgan fingerprint density at radius 1 is 1.29 bits per heavy atom. The van der Waals surface area contributed by atoms with Gasteiger partial charge in [-0.15, -0.1) is 12.4 Å². The molecular formula is C18H29ClN2O3. The highest BCUT2D eigenvalue weighted by atomic mass is 35.5. The van der Waals surface area contributed by atoms with Crippen molar-refractivity contribution in [2.24, 2.45) is 11.7 Å². The predicted octanol–water partition coefficient (Wildman–Crippen LogP) is 2.69. The fourth-order valence-corrected chi connectivity index (χ4v) is 3.30. The SMILES string of the molecule is COc1ccc(CC(C)NC(=O)C[C@@H]2CCC[C@H]2N)cc1OC.Cl. The lowest BCUT2D eigenvalue weighted by atomic mass is 9.99. The molecule has 0 aliphatic heterocycles. The molecule has 1 amide bonds. The zero-order chi connectivity index (χ0) is 16.8. The normalized spacial score (nSPS) is 20.8. The maximum Gasteiger partial charge on any atom is 0.220 e. The summed E-state index contributed by atoms with van der Waals surface area (Å²) in [6.45, 7) is 2.02. The highest BCUT2D eigenvalue weighted by Gasteiger charge is 2.26. The molecule has 0 saturated heterocycles. The number of hydrogen-bond acceptors (Lipinski definition) is 4. The number of hydrogen-bond donors (Lipinski definition) is 2. The van der Waals surface area contributed by atoms with Crippen molar-refractivity contribution in [2.75, 3.05) is 14.2 Å². The Morgan fingerprint density at radius 3 is 2.58 bits per heavy atom. The van der Waals surface area contributed by atoms with Crippen molar-refractivity contribution in [1.29, 1.82) is 0 Å².